The number of hydrogen-bond donors (Lipinski definition) is 0. The van der Waals surface area contributed by atoms with Gasteiger partial charge in [-0.2, -0.15) is 0 Å². The molecule has 0 atom stereocenters. The lowest BCUT2D eigenvalue weighted by molar-refractivity contribution is -0.139. The molecule has 2 rings (SSSR count). The number of carbonyl (C=O) groups is 1. The number of thiazole rings is 1. The van der Waals surface area contributed by atoms with Crippen LogP contribution in [-0.2, 0) is 22.5 Å². The van der Waals surface area contributed by atoms with Gasteiger partial charge in [-0.05, 0) is 0 Å². The lowest BCUT2D eigenvalue weighted by atomic mass is 10.3. The highest BCUT2D eigenvalue weighted by molar-refractivity contribution is 7.09. The van der Waals surface area contributed by atoms with E-state index in [2.05, 4.69) is 20.0 Å². The minimum absolute atomic E-state index is 0.147. The predicted octanol–water partition coefficient (Wildman–Crippen LogP) is 0.498. The molecule has 0 radical (unpaired) electrons. The Hall–Kier alpha value is -1.76. The zero-order valence-electron chi connectivity index (χ0n) is 8.66. The molecule has 16 heavy (non-hydrogen) atoms. The van der Waals surface area contributed by atoms with Crippen molar-refractivity contribution in [2.24, 2.45) is 0 Å². The Bertz CT molecular complexity index is 466. The van der Waals surface area contributed by atoms with Gasteiger partial charge in [0.1, 0.15) is 5.01 Å². The molecule has 7 heteroatoms. The number of aromatic nitrogens is 4. The summed E-state index contributed by atoms with van der Waals surface area (Å²) in [6.45, 7) is 0.575. The van der Waals surface area contributed by atoms with E-state index in [4.69, 9.17) is 0 Å². The molecule has 0 aromatic carbocycles. The number of nitrogens with zero attached hydrogens (tertiary/aromatic N) is 4. The molecule has 2 aromatic rings. The van der Waals surface area contributed by atoms with Crippen LogP contribution in [0.1, 0.15) is 10.7 Å². The summed E-state index contributed by atoms with van der Waals surface area (Å²) in [6.07, 6.45) is 3.61. The molecule has 0 spiro atoms. The van der Waals surface area contributed by atoms with Gasteiger partial charge < -0.3 is 4.74 Å². The highest BCUT2D eigenvalue weighted by atomic mass is 32.1. The highest BCUT2D eigenvalue weighted by Gasteiger charge is 2.07. The maximum atomic E-state index is 11.0. The molecule has 2 heterocycles. The number of esters is 1. The summed E-state index contributed by atoms with van der Waals surface area (Å²) in [4.78, 5) is 15.1. The van der Waals surface area contributed by atoms with Gasteiger partial charge in [0.25, 0.3) is 0 Å². The van der Waals surface area contributed by atoms with E-state index in [9.17, 15) is 4.79 Å². The van der Waals surface area contributed by atoms with Crippen LogP contribution in [0.2, 0.25) is 0 Å². The van der Waals surface area contributed by atoms with Crippen LogP contribution in [0.25, 0.3) is 0 Å². The van der Waals surface area contributed by atoms with Crippen LogP contribution in [0, 0.1) is 0 Å². The van der Waals surface area contributed by atoms with Gasteiger partial charge >= 0.3 is 5.97 Å². The third-order valence-electron chi connectivity index (χ3n) is 1.92. The predicted molar refractivity (Wildman–Crippen MR) is 57.0 cm³/mol. The Morgan fingerprint density at radius 2 is 2.50 bits per heavy atom. The fraction of sp³-hybridized carbons (Fsp3) is 0.333. The van der Waals surface area contributed by atoms with Gasteiger partial charge in [0.05, 0.1) is 25.8 Å². The van der Waals surface area contributed by atoms with E-state index in [1.165, 1.54) is 7.11 Å². The number of rotatable bonds is 4. The van der Waals surface area contributed by atoms with Crippen LogP contribution in [0.4, 0.5) is 0 Å². The Labute approximate surface area is 95.9 Å². The molecule has 0 fully saturated rings. The summed E-state index contributed by atoms with van der Waals surface area (Å²) in [5, 5.41) is 10.6. The molecule has 0 aliphatic carbocycles. The molecule has 0 bridgehead atoms. The minimum atomic E-state index is -0.318. The van der Waals surface area contributed by atoms with Crippen LogP contribution in [0.5, 0.6) is 0 Å². The maximum absolute atomic E-state index is 11.0. The van der Waals surface area contributed by atoms with E-state index in [-0.39, 0.29) is 12.4 Å². The van der Waals surface area contributed by atoms with Crippen molar-refractivity contribution in [1.29, 1.82) is 0 Å². The fourth-order valence-corrected chi connectivity index (χ4v) is 1.79. The van der Waals surface area contributed by atoms with Crippen LogP contribution < -0.4 is 0 Å². The molecule has 0 saturated carbocycles. The van der Waals surface area contributed by atoms with E-state index in [1.807, 2.05) is 5.38 Å². The monoisotopic (exact) mass is 238 g/mol. The van der Waals surface area contributed by atoms with Crippen LogP contribution >= 0.6 is 11.3 Å². The Balaban J connectivity index is 1.99. The summed E-state index contributed by atoms with van der Waals surface area (Å²) in [6, 6.07) is 0. The lowest BCUT2D eigenvalue weighted by Crippen LogP contribution is -2.04. The van der Waals surface area contributed by atoms with E-state index >= 15 is 0 Å². The van der Waals surface area contributed by atoms with Crippen molar-refractivity contribution in [3.8, 4) is 0 Å². The molecule has 0 amide bonds. The second-order valence-corrected chi connectivity index (χ2v) is 4.07. The first-order valence-corrected chi connectivity index (χ1v) is 5.50. The van der Waals surface area contributed by atoms with E-state index in [1.54, 1.807) is 28.4 Å². The maximum Gasteiger partial charge on any atom is 0.311 e. The standard InChI is InChI=1S/C9H10N4O2S/c1-15-9(14)4-7-5-13(12-11-7)6-8-10-2-3-16-8/h2-3,5H,4,6H2,1H3. The average molecular weight is 238 g/mol. The Morgan fingerprint density at radius 3 is 3.19 bits per heavy atom. The molecule has 0 aliphatic rings. The van der Waals surface area contributed by atoms with Crippen molar-refractivity contribution in [3.05, 3.63) is 28.5 Å². The zero-order valence-corrected chi connectivity index (χ0v) is 9.48. The first-order chi connectivity index (χ1) is 7.78. The molecule has 0 saturated heterocycles. The van der Waals surface area contributed by atoms with E-state index < -0.39 is 0 Å². The van der Waals surface area contributed by atoms with Gasteiger partial charge in [0.2, 0.25) is 0 Å². The van der Waals surface area contributed by atoms with Crippen LogP contribution in [0.15, 0.2) is 17.8 Å². The summed E-state index contributed by atoms with van der Waals surface area (Å²) in [5.41, 5.74) is 0.600. The smallest absolute Gasteiger partial charge is 0.311 e. The molecular weight excluding hydrogens is 228 g/mol. The van der Waals surface area contributed by atoms with Gasteiger partial charge in [0, 0.05) is 17.8 Å². The molecule has 2 aromatic heterocycles. The first-order valence-electron chi connectivity index (χ1n) is 4.62. The molecule has 0 aliphatic heterocycles. The summed E-state index contributed by atoms with van der Waals surface area (Å²) >= 11 is 1.55. The van der Waals surface area contributed by atoms with E-state index in [0.29, 0.717) is 12.2 Å². The van der Waals surface area contributed by atoms with Crippen molar-refractivity contribution in [2.75, 3.05) is 7.11 Å². The summed E-state index contributed by atoms with van der Waals surface area (Å²) in [7, 11) is 1.35. The normalized spacial score (nSPS) is 10.3. The topological polar surface area (TPSA) is 69.9 Å². The second kappa shape index (κ2) is 4.84. The number of methoxy groups -OCH3 is 1. The van der Waals surface area contributed by atoms with Gasteiger partial charge in [-0.25, -0.2) is 9.67 Å². The third-order valence-corrected chi connectivity index (χ3v) is 2.68. The summed E-state index contributed by atoms with van der Waals surface area (Å²) in [5.74, 6) is -0.318. The van der Waals surface area contributed by atoms with Gasteiger partial charge in [-0.15, -0.1) is 16.4 Å². The van der Waals surface area contributed by atoms with Crippen LogP contribution in [-0.4, -0.2) is 33.1 Å². The molecule has 0 unspecified atom stereocenters. The van der Waals surface area contributed by atoms with Gasteiger partial charge in [-0.3, -0.25) is 4.79 Å². The Morgan fingerprint density at radius 1 is 1.62 bits per heavy atom. The lowest BCUT2D eigenvalue weighted by Gasteiger charge is -1.94. The van der Waals surface area contributed by atoms with Crippen molar-refractivity contribution in [2.45, 2.75) is 13.0 Å². The van der Waals surface area contributed by atoms with Gasteiger partial charge in [-0.1, -0.05) is 5.21 Å². The minimum Gasteiger partial charge on any atom is -0.469 e. The van der Waals surface area contributed by atoms with Crippen molar-refractivity contribution in [3.63, 3.8) is 0 Å². The zero-order chi connectivity index (χ0) is 11.4. The SMILES string of the molecule is COC(=O)Cc1cn(Cc2nccs2)nn1. The number of hydrogen-bond acceptors (Lipinski definition) is 6. The van der Waals surface area contributed by atoms with E-state index in [0.717, 1.165) is 5.01 Å². The quantitative estimate of drug-likeness (QED) is 0.725. The molecular formula is C9H10N4O2S. The highest BCUT2D eigenvalue weighted by Crippen LogP contribution is 2.06. The van der Waals surface area contributed by atoms with Crippen molar-refractivity contribution >= 4 is 17.3 Å². The number of carbonyl (C=O) groups excluding carboxylic acids is 1. The summed E-state index contributed by atoms with van der Waals surface area (Å²) < 4.78 is 6.19. The average Bonchev–Trinajstić information content (AvgIpc) is 2.91. The first kappa shape index (κ1) is 10.7. The molecule has 6 nitrogen and oxygen atoms in total. The largest absolute Gasteiger partial charge is 0.469 e. The van der Waals surface area contributed by atoms with Crippen LogP contribution in [0.3, 0.4) is 0 Å². The van der Waals surface area contributed by atoms with Crippen molar-refractivity contribution in [1.82, 2.24) is 20.0 Å². The Kier molecular flexibility index (Phi) is 3.25. The second-order valence-electron chi connectivity index (χ2n) is 3.09. The molecule has 84 valence electrons. The van der Waals surface area contributed by atoms with Crippen molar-refractivity contribution < 1.29 is 9.53 Å². The van der Waals surface area contributed by atoms with Gasteiger partial charge in [0.15, 0.2) is 0 Å². The number of ether oxygens (including phenoxy) is 1. The molecule has 0 N–H and O–H groups in total. The fourth-order valence-electron chi connectivity index (χ4n) is 1.19. The third kappa shape index (κ3) is 2.63.